The average Bonchev–Trinajstić information content (AvgIpc) is 3.04. The summed E-state index contributed by atoms with van der Waals surface area (Å²) in [5, 5.41) is 4.22. The van der Waals surface area contributed by atoms with Crippen LogP contribution in [-0.2, 0) is 21.3 Å². The highest BCUT2D eigenvalue weighted by Gasteiger charge is 2.22. The van der Waals surface area contributed by atoms with E-state index in [0.717, 1.165) is 51.3 Å². The molecule has 0 bridgehead atoms. The van der Waals surface area contributed by atoms with Gasteiger partial charge in [0.05, 0.1) is 25.4 Å². The Hall–Kier alpha value is -1.84. The Labute approximate surface area is 277 Å². The molecule has 4 aromatic rings. The molecule has 2 heterocycles. The fraction of sp³-hybridized carbons (Fsp3) is 0.314. The van der Waals surface area contributed by atoms with E-state index in [1.165, 1.54) is 31.2 Å². The molecule has 6 rings (SSSR count). The Balaban J connectivity index is 0.000000188. The zero-order valence-corrected chi connectivity index (χ0v) is 27.9. The molecule has 0 spiro atoms. The largest absolute Gasteiger partial charge is 0.371 e. The van der Waals surface area contributed by atoms with Gasteiger partial charge >= 0.3 is 0 Å². The molecule has 4 aromatic carbocycles. The zero-order chi connectivity index (χ0) is 28.7. The van der Waals surface area contributed by atoms with Crippen LogP contribution >= 0.6 is 47.8 Å². The molecule has 2 fully saturated rings. The Morgan fingerprint density at radius 1 is 0.667 bits per heavy atom. The first-order valence-corrected chi connectivity index (χ1v) is 16.6. The van der Waals surface area contributed by atoms with Crippen molar-refractivity contribution in [3.8, 4) is 0 Å². The first kappa shape index (κ1) is 34.6. The maximum atomic E-state index is 5.91. The van der Waals surface area contributed by atoms with Crippen LogP contribution in [-0.4, -0.2) is 44.3 Å². The quantitative estimate of drug-likeness (QED) is 0.206. The minimum atomic E-state index is 0. The van der Waals surface area contributed by atoms with E-state index in [9.17, 15) is 0 Å². The molecule has 224 valence electrons. The summed E-state index contributed by atoms with van der Waals surface area (Å²) in [6.45, 7) is 6.43. The lowest BCUT2D eigenvalue weighted by atomic mass is 10.1. The first-order chi connectivity index (χ1) is 20.1. The smallest absolute Gasteiger partial charge is 0.0952 e. The van der Waals surface area contributed by atoms with Crippen LogP contribution in [0.4, 0.5) is 0 Å². The molecule has 0 saturated carbocycles. The molecule has 0 aliphatic carbocycles. The van der Waals surface area contributed by atoms with Crippen molar-refractivity contribution in [2.24, 2.45) is 0 Å². The van der Waals surface area contributed by atoms with Crippen molar-refractivity contribution >= 4 is 47.8 Å². The molecule has 7 heteroatoms. The summed E-state index contributed by atoms with van der Waals surface area (Å²) in [6, 6.07) is 37.4. The number of rotatable bonds is 5. The van der Waals surface area contributed by atoms with Gasteiger partial charge in [-0.1, -0.05) is 152 Å². The topological polar surface area (TPSA) is 33.7 Å². The summed E-state index contributed by atoms with van der Waals surface area (Å²) < 4.78 is 13.9. The number of nitrogens with one attached hydrogen (secondary N) is 1. The SMILES string of the molecule is BrCc1ccccc1Br.Brc1ccccc1CN1CCOC(c2ccccc2)C1.C.c1ccc(C2CNCCO2)cc1. The Morgan fingerprint density at radius 2 is 1.19 bits per heavy atom. The van der Waals surface area contributed by atoms with Crippen molar-refractivity contribution in [2.45, 2.75) is 31.5 Å². The minimum absolute atomic E-state index is 0. The molecular formula is C35H41Br3N2O2. The molecule has 4 nitrogen and oxygen atoms in total. The van der Waals surface area contributed by atoms with E-state index in [1.807, 2.05) is 42.5 Å². The number of ether oxygens (including phenoxy) is 2. The van der Waals surface area contributed by atoms with Gasteiger partial charge in [0.25, 0.3) is 0 Å². The molecule has 2 aliphatic rings. The molecule has 0 radical (unpaired) electrons. The van der Waals surface area contributed by atoms with E-state index < -0.39 is 0 Å². The number of hydrogen-bond donors (Lipinski definition) is 1. The van der Waals surface area contributed by atoms with Crippen LogP contribution in [0.15, 0.2) is 118 Å². The van der Waals surface area contributed by atoms with Gasteiger partial charge < -0.3 is 14.8 Å². The summed E-state index contributed by atoms with van der Waals surface area (Å²) in [5.74, 6) is 0. The minimum Gasteiger partial charge on any atom is -0.371 e. The second-order valence-corrected chi connectivity index (χ2v) is 12.1. The van der Waals surface area contributed by atoms with Gasteiger partial charge in [-0.15, -0.1) is 0 Å². The number of halogens is 3. The predicted octanol–water partition coefficient (Wildman–Crippen LogP) is 9.35. The molecule has 0 amide bonds. The van der Waals surface area contributed by atoms with Crippen molar-refractivity contribution in [3.05, 3.63) is 140 Å². The van der Waals surface area contributed by atoms with E-state index >= 15 is 0 Å². The summed E-state index contributed by atoms with van der Waals surface area (Å²) in [5.41, 5.74) is 5.16. The van der Waals surface area contributed by atoms with Crippen LogP contribution < -0.4 is 5.32 Å². The predicted molar refractivity (Wildman–Crippen MR) is 186 cm³/mol. The van der Waals surface area contributed by atoms with Crippen molar-refractivity contribution in [3.63, 3.8) is 0 Å². The molecular weight excluding hydrogens is 720 g/mol. The fourth-order valence-electron chi connectivity index (χ4n) is 4.64. The van der Waals surface area contributed by atoms with Gasteiger partial charge in [0.1, 0.15) is 0 Å². The van der Waals surface area contributed by atoms with Gasteiger partial charge in [-0.3, -0.25) is 4.90 Å². The van der Waals surface area contributed by atoms with E-state index in [2.05, 4.69) is 125 Å². The monoisotopic (exact) mass is 758 g/mol. The van der Waals surface area contributed by atoms with E-state index in [-0.39, 0.29) is 19.6 Å². The van der Waals surface area contributed by atoms with Gasteiger partial charge in [-0.2, -0.15) is 0 Å². The first-order valence-electron chi connectivity index (χ1n) is 13.9. The molecule has 2 unspecified atom stereocenters. The van der Waals surface area contributed by atoms with Gasteiger partial charge in [0, 0.05) is 47.0 Å². The summed E-state index contributed by atoms with van der Waals surface area (Å²) in [7, 11) is 0. The number of hydrogen-bond acceptors (Lipinski definition) is 4. The molecule has 1 N–H and O–H groups in total. The van der Waals surface area contributed by atoms with Crippen LogP contribution in [0.5, 0.6) is 0 Å². The van der Waals surface area contributed by atoms with Crippen LogP contribution in [0.25, 0.3) is 0 Å². The zero-order valence-electron chi connectivity index (χ0n) is 23.1. The third-order valence-electron chi connectivity index (χ3n) is 6.87. The second kappa shape index (κ2) is 19.4. The van der Waals surface area contributed by atoms with E-state index in [4.69, 9.17) is 9.47 Å². The summed E-state index contributed by atoms with van der Waals surface area (Å²) >= 11 is 10.4. The Morgan fingerprint density at radius 3 is 1.71 bits per heavy atom. The average molecular weight is 761 g/mol. The highest BCUT2D eigenvalue weighted by molar-refractivity contribution is 9.11. The lowest BCUT2D eigenvalue weighted by Gasteiger charge is -2.33. The molecule has 2 aliphatic heterocycles. The van der Waals surface area contributed by atoms with Crippen LogP contribution in [0.2, 0.25) is 0 Å². The highest BCUT2D eigenvalue weighted by atomic mass is 79.9. The number of benzene rings is 4. The van der Waals surface area contributed by atoms with Crippen molar-refractivity contribution in [1.82, 2.24) is 10.2 Å². The lowest BCUT2D eigenvalue weighted by molar-refractivity contribution is -0.0329. The number of alkyl halides is 1. The van der Waals surface area contributed by atoms with Crippen molar-refractivity contribution in [2.75, 3.05) is 39.4 Å². The highest BCUT2D eigenvalue weighted by Crippen LogP contribution is 2.25. The fourth-order valence-corrected chi connectivity index (χ4v) is 6.34. The summed E-state index contributed by atoms with van der Waals surface area (Å²) in [4.78, 5) is 2.46. The van der Waals surface area contributed by atoms with Crippen LogP contribution in [0.1, 0.15) is 41.9 Å². The summed E-state index contributed by atoms with van der Waals surface area (Å²) in [6.07, 6.45) is 0.437. The standard InChI is InChI=1S/C17H18BrNO.C10H13NO.C7H6Br2.CH4/c18-16-9-5-4-8-15(16)12-19-10-11-20-17(13-19)14-6-2-1-3-7-14;1-2-4-9(5-3-1)10-8-11-6-7-12-10;8-5-6-3-1-2-4-7(6)9;/h1-9,17H,10-13H2;1-5,10-11H,6-8H2;1-4H,5H2;1H4. The third-order valence-corrected chi connectivity index (χ3v) is 9.03. The second-order valence-electron chi connectivity index (χ2n) is 9.80. The molecule has 2 saturated heterocycles. The maximum Gasteiger partial charge on any atom is 0.0952 e. The van der Waals surface area contributed by atoms with Crippen molar-refractivity contribution < 1.29 is 9.47 Å². The van der Waals surface area contributed by atoms with E-state index in [1.54, 1.807) is 0 Å². The molecule has 42 heavy (non-hydrogen) atoms. The van der Waals surface area contributed by atoms with Gasteiger partial charge in [-0.05, 0) is 34.4 Å². The number of morpholine rings is 2. The van der Waals surface area contributed by atoms with Crippen LogP contribution in [0.3, 0.4) is 0 Å². The van der Waals surface area contributed by atoms with Gasteiger partial charge in [-0.25, -0.2) is 0 Å². The Bertz CT molecular complexity index is 1290. The lowest BCUT2D eigenvalue weighted by Crippen LogP contribution is -2.37. The van der Waals surface area contributed by atoms with E-state index in [0.29, 0.717) is 0 Å². The Kier molecular flexibility index (Phi) is 16.0. The third kappa shape index (κ3) is 11.3. The van der Waals surface area contributed by atoms with Crippen molar-refractivity contribution in [1.29, 1.82) is 0 Å². The number of nitrogens with zero attached hydrogens (tertiary/aromatic N) is 1. The molecule has 2 atom stereocenters. The molecule has 0 aromatic heterocycles. The van der Waals surface area contributed by atoms with Gasteiger partial charge in [0.15, 0.2) is 0 Å². The normalized spacial score (nSPS) is 18.4. The van der Waals surface area contributed by atoms with Gasteiger partial charge in [0.2, 0.25) is 0 Å². The maximum absolute atomic E-state index is 5.91. The van der Waals surface area contributed by atoms with Crippen LogP contribution in [0, 0.1) is 0 Å².